The van der Waals surface area contributed by atoms with Crippen LogP contribution in [0.1, 0.15) is 26.7 Å². The number of rotatable bonds is 7. The lowest BCUT2D eigenvalue weighted by molar-refractivity contribution is 0.530. The third-order valence-electron chi connectivity index (χ3n) is 2.21. The van der Waals surface area contributed by atoms with Crippen molar-refractivity contribution in [2.24, 2.45) is 7.05 Å². The highest BCUT2D eigenvalue weighted by atomic mass is 32.2. The van der Waals surface area contributed by atoms with E-state index in [9.17, 15) is 0 Å². The fourth-order valence-electron chi connectivity index (χ4n) is 1.46. The van der Waals surface area contributed by atoms with Gasteiger partial charge in [-0.1, -0.05) is 32.0 Å². The summed E-state index contributed by atoms with van der Waals surface area (Å²) in [7, 11) is 1.98. The van der Waals surface area contributed by atoms with Crippen molar-refractivity contribution < 1.29 is 0 Å². The molecule has 5 heteroatoms. The van der Waals surface area contributed by atoms with Crippen molar-refractivity contribution in [1.29, 1.82) is 0 Å². The summed E-state index contributed by atoms with van der Waals surface area (Å²) in [4.78, 5) is 0. The van der Waals surface area contributed by atoms with Gasteiger partial charge in [0.2, 0.25) is 0 Å². The maximum absolute atomic E-state index is 4.06. The summed E-state index contributed by atoms with van der Waals surface area (Å²) in [5.41, 5.74) is 0. The number of hydrogen-bond acceptors (Lipinski definition) is 4. The third-order valence-corrected chi connectivity index (χ3v) is 3.41. The summed E-state index contributed by atoms with van der Waals surface area (Å²) in [6.45, 7) is 5.40. The second-order valence-corrected chi connectivity index (χ2v) is 4.57. The van der Waals surface area contributed by atoms with Crippen LogP contribution in [0.4, 0.5) is 0 Å². The molecule has 0 aliphatic heterocycles. The smallest absolute Gasteiger partial charge is 0.190 e. The van der Waals surface area contributed by atoms with Gasteiger partial charge in [0.1, 0.15) is 6.33 Å². The Hall–Kier alpha value is -0.550. The highest BCUT2D eigenvalue weighted by Gasteiger charge is 2.08. The minimum Gasteiger partial charge on any atom is -0.313 e. The SMILES string of the molecule is CCCC(CSc1nncn1C)NCC. The second-order valence-electron chi connectivity index (χ2n) is 3.58. The first kappa shape index (κ1) is 12.5. The first-order valence-corrected chi connectivity index (χ1v) is 6.46. The van der Waals surface area contributed by atoms with Crippen LogP contribution in [-0.4, -0.2) is 33.1 Å². The normalized spacial score (nSPS) is 13.0. The number of aryl methyl sites for hydroxylation is 1. The maximum atomic E-state index is 4.06. The van der Waals surface area contributed by atoms with E-state index in [1.807, 2.05) is 11.6 Å². The first-order valence-electron chi connectivity index (χ1n) is 5.48. The van der Waals surface area contributed by atoms with Gasteiger partial charge in [-0.2, -0.15) is 0 Å². The van der Waals surface area contributed by atoms with Crippen molar-refractivity contribution >= 4 is 11.8 Å². The molecule has 0 aliphatic carbocycles. The zero-order valence-electron chi connectivity index (χ0n) is 9.73. The van der Waals surface area contributed by atoms with Gasteiger partial charge in [0.15, 0.2) is 5.16 Å². The largest absolute Gasteiger partial charge is 0.313 e. The van der Waals surface area contributed by atoms with Crippen molar-refractivity contribution in [3.8, 4) is 0 Å². The Bertz CT molecular complexity index is 268. The van der Waals surface area contributed by atoms with Crippen LogP contribution in [-0.2, 0) is 7.05 Å². The average Bonchev–Trinajstić information content (AvgIpc) is 2.61. The van der Waals surface area contributed by atoms with Crippen LogP contribution in [0.25, 0.3) is 0 Å². The number of nitrogens with zero attached hydrogens (tertiary/aromatic N) is 3. The first-order chi connectivity index (χ1) is 7.27. The lowest BCUT2D eigenvalue weighted by Gasteiger charge is -2.15. The van der Waals surface area contributed by atoms with Crippen LogP contribution >= 0.6 is 11.8 Å². The van der Waals surface area contributed by atoms with Gasteiger partial charge < -0.3 is 9.88 Å². The molecule has 0 spiro atoms. The molecule has 1 unspecified atom stereocenters. The molecule has 1 rings (SSSR count). The Balaban J connectivity index is 2.36. The second kappa shape index (κ2) is 6.85. The zero-order valence-corrected chi connectivity index (χ0v) is 10.5. The Morgan fingerprint density at radius 3 is 2.87 bits per heavy atom. The van der Waals surface area contributed by atoms with Gasteiger partial charge in [-0.25, -0.2) is 0 Å². The van der Waals surface area contributed by atoms with Gasteiger partial charge >= 0.3 is 0 Å². The van der Waals surface area contributed by atoms with Crippen molar-refractivity contribution in [3.63, 3.8) is 0 Å². The molecule has 1 aromatic heterocycles. The molecule has 0 bridgehead atoms. The van der Waals surface area contributed by atoms with Crippen molar-refractivity contribution in [2.75, 3.05) is 12.3 Å². The van der Waals surface area contributed by atoms with Crippen LogP contribution in [0.5, 0.6) is 0 Å². The highest BCUT2D eigenvalue weighted by molar-refractivity contribution is 7.99. The number of aromatic nitrogens is 3. The average molecular weight is 228 g/mol. The van der Waals surface area contributed by atoms with Gasteiger partial charge in [-0.05, 0) is 13.0 Å². The van der Waals surface area contributed by atoms with E-state index in [2.05, 4.69) is 29.4 Å². The molecule has 1 atom stereocenters. The predicted octanol–water partition coefficient (Wildman–Crippen LogP) is 1.69. The zero-order chi connectivity index (χ0) is 11.1. The summed E-state index contributed by atoms with van der Waals surface area (Å²) in [5.74, 6) is 1.06. The van der Waals surface area contributed by atoms with Crippen LogP contribution in [0, 0.1) is 0 Å². The molecule has 0 amide bonds. The fourth-order valence-corrected chi connectivity index (χ4v) is 2.45. The molecule has 0 aliphatic rings. The topological polar surface area (TPSA) is 42.7 Å². The lowest BCUT2D eigenvalue weighted by Crippen LogP contribution is -2.31. The van der Waals surface area contributed by atoms with E-state index in [1.54, 1.807) is 18.1 Å². The molecule has 15 heavy (non-hydrogen) atoms. The summed E-state index contributed by atoms with van der Waals surface area (Å²) in [5, 5.41) is 12.4. The molecule has 1 N–H and O–H groups in total. The molecule has 86 valence electrons. The number of nitrogens with one attached hydrogen (secondary N) is 1. The monoisotopic (exact) mass is 228 g/mol. The van der Waals surface area contributed by atoms with E-state index >= 15 is 0 Å². The molecule has 4 nitrogen and oxygen atoms in total. The standard InChI is InChI=1S/C10H20N4S/c1-4-6-9(11-5-2)7-15-10-13-12-8-14(10)3/h8-9,11H,4-7H2,1-3H3. The quantitative estimate of drug-likeness (QED) is 0.721. The minimum absolute atomic E-state index is 0.585. The summed E-state index contributed by atoms with van der Waals surface area (Å²) >= 11 is 1.77. The maximum Gasteiger partial charge on any atom is 0.190 e. The van der Waals surface area contributed by atoms with Crippen LogP contribution in [0.3, 0.4) is 0 Å². The van der Waals surface area contributed by atoms with E-state index in [-0.39, 0.29) is 0 Å². The summed E-state index contributed by atoms with van der Waals surface area (Å²) < 4.78 is 1.96. The van der Waals surface area contributed by atoms with Crippen LogP contribution < -0.4 is 5.32 Å². The third kappa shape index (κ3) is 4.22. The van der Waals surface area contributed by atoms with Gasteiger partial charge in [0.25, 0.3) is 0 Å². The van der Waals surface area contributed by atoms with E-state index in [1.165, 1.54) is 12.8 Å². The van der Waals surface area contributed by atoms with E-state index in [4.69, 9.17) is 0 Å². The predicted molar refractivity (Wildman–Crippen MR) is 64.1 cm³/mol. The van der Waals surface area contributed by atoms with Crippen molar-refractivity contribution in [1.82, 2.24) is 20.1 Å². The molecule has 0 saturated carbocycles. The minimum atomic E-state index is 0.585. The van der Waals surface area contributed by atoms with E-state index in [0.29, 0.717) is 6.04 Å². The number of hydrogen-bond donors (Lipinski definition) is 1. The highest BCUT2D eigenvalue weighted by Crippen LogP contribution is 2.16. The number of thioether (sulfide) groups is 1. The van der Waals surface area contributed by atoms with E-state index < -0.39 is 0 Å². The Morgan fingerprint density at radius 1 is 1.53 bits per heavy atom. The van der Waals surface area contributed by atoms with Crippen LogP contribution in [0.2, 0.25) is 0 Å². The molecule has 0 aromatic carbocycles. The fraction of sp³-hybridized carbons (Fsp3) is 0.800. The molecule has 1 heterocycles. The molecule has 0 radical (unpaired) electrons. The van der Waals surface area contributed by atoms with Gasteiger partial charge in [-0.15, -0.1) is 10.2 Å². The summed E-state index contributed by atoms with van der Waals surface area (Å²) in [6.07, 6.45) is 4.18. The van der Waals surface area contributed by atoms with Crippen LogP contribution in [0.15, 0.2) is 11.5 Å². The molecule has 0 saturated heterocycles. The Labute approximate surface area is 95.9 Å². The van der Waals surface area contributed by atoms with Gasteiger partial charge in [0.05, 0.1) is 0 Å². The molecular weight excluding hydrogens is 208 g/mol. The van der Waals surface area contributed by atoms with Gasteiger partial charge in [-0.3, -0.25) is 0 Å². The summed E-state index contributed by atoms with van der Waals surface area (Å²) in [6, 6.07) is 0.585. The van der Waals surface area contributed by atoms with Crippen molar-refractivity contribution in [3.05, 3.63) is 6.33 Å². The van der Waals surface area contributed by atoms with E-state index in [0.717, 1.165) is 17.5 Å². The van der Waals surface area contributed by atoms with Gasteiger partial charge in [0, 0.05) is 18.8 Å². The lowest BCUT2D eigenvalue weighted by atomic mass is 10.2. The molecule has 0 fully saturated rings. The Morgan fingerprint density at radius 2 is 2.33 bits per heavy atom. The molecular formula is C10H20N4S. The van der Waals surface area contributed by atoms with Crippen molar-refractivity contribution in [2.45, 2.75) is 37.9 Å². The Kier molecular flexibility index (Phi) is 5.71. The molecule has 1 aromatic rings.